The molecule has 8 heteroatoms. The number of nitrogens with zero attached hydrogens (tertiary/aromatic N) is 1. The molecule has 0 aliphatic heterocycles. The lowest BCUT2D eigenvalue weighted by Crippen LogP contribution is -2.47. The summed E-state index contributed by atoms with van der Waals surface area (Å²) in [5.74, 6) is -0.520. The van der Waals surface area contributed by atoms with Crippen molar-refractivity contribution in [2.24, 2.45) is 0 Å². The molecular formula is C15H24IN3O4. The molecule has 1 atom stereocenters. The standard InChI is InChI=1S/C15H24IN3O4/c1-14(2,3)22-11(20)10(7-9-8-17-12(16)18-9)19-13(21)23-15(4,5)6/h8,10H,7H2,1-6H3,(H,17,18)(H,19,21)/t10-/m0/s1. The molecule has 0 aliphatic rings. The highest BCUT2D eigenvalue weighted by molar-refractivity contribution is 14.1. The van der Waals surface area contributed by atoms with Gasteiger partial charge in [0.1, 0.15) is 17.2 Å². The van der Waals surface area contributed by atoms with Crippen LogP contribution in [0.3, 0.4) is 0 Å². The van der Waals surface area contributed by atoms with Crippen molar-refractivity contribution in [1.82, 2.24) is 15.3 Å². The zero-order chi connectivity index (χ0) is 17.8. The first kappa shape index (κ1) is 19.7. The summed E-state index contributed by atoms with van der Waals surface area (Å²) in [4.78, 5) is 31.4. The van der Waals surface area contributed by atoms with Crippen LogP contribution in [0.5, 0.6) is 0 Å². The normalized spacial score (nSPS) is 13.3. The number of alkyl carbamates (subject to hydrolysis) is 1. The summed E-state index contributed by atoms with van der Waals surface area (Å²) in [6.07, 6.45) is 1.20. The van der Waals surface area contributed by atoms with Crippen LogP contribution in [0.15, 0.2) is 6.20 Å². The molecule has 0 unspecified atom stereocenters. The van der Waals surface area contributed by atoms with E-state index in [0.717, 1.165) is 5.69 Å². The molecule has 0 bridgehead atoms. The Hall–Kier alpha value is -1.32. The Kier molecular flexibility index (Phi) is 6.43. The Morgan fingerprint density at radius 3 is 2.22 bits per heavy atom. The first-order chi connectivity index (χ1) is 10.4. The maximum absolute atomic E-state index is 12.3. The smallest absolute Gasteiger partial charge is 0.408 e. The molecule has 0 fully saturated rings. The van der Waals surface area contributed by atoms with Gasteiger partial charge in [0.2, 0.25) is 0 Å². The van der Waals surface area contributed by atoms with Crippen LogP contribution in [0.2, 0.25) is 0 Å². The molecule has 7 nitrogen and oxygen atoms in total. The number of amides is 1. The van der Waals surface area contributed by atoms with Crippen LogP contribution in [0.1, 0.15) is 47.2 Å². The van der Waals surface area contributed by atoms with Gasteiger partial charge in [0.05, 0.1) is 0 Å². The van der Waals surface area contributed by atoms with Crippen LogP contribution >= 0.6 is 22.6 Å². The third kappa shape index (κ3) is 8.19. The first-order valence-electron chi connectivity index (χ1n) is 7.27. The lowest BCUT2D eigenvalue weighted by atomic mass is 10.1. The fourth-order valence-corrected chi connectivity index (χ4v) is 2.16. The Morgan fingerprint density at radius 2 is 1.78 bits per heavy atom. The van der Waals surface area contributed by atoms with E-state index in [4.69, 9.17) is 9.47 Å². The molecule has 1 rings (SSSR count). The highest BCUT2D eigenvalue weighted by Gasteiger charge is 2.29. The number of hydrogen-bond acceptors (Lipinski definition) is 5. The van der Waals surface area contributed by atoms with Gasteiger partial charge in [-0.05, 0) is 64.1 Å². The summed E-state index contributed by atoms with van der Waals surface area (Å²) >= 11 is 2.04. The second kappa shape index (κ2) is 7.50. The highest BCUT2D eigenvalue weighted by atomic mass is 127. The molecule has 1 aromatic rings. The number of esters is 1. The second-order valence-electron chi connectivity index (χ2n) is 7.14. The maximum atomic E-state index is 12.3. The van der Waals surface area contributed by atoms with Gasteiger partial charge >= 0.3 is 12.1 Å². The van der Waals surface area contributed by atoms with E-state index >= 15 is 0 Å². The quantitative estimate of drug-likeness (QED) is 0.558. The Labute approximate surface area is 150 Å². The van der Waals surface area contributed by atoms with E-state index in [1.165, 1.54) is 0 Å². The van der Waals surface area contributed by atoms with Crippen molar-refractivity contribution in [3.8, 4) is 0 Å². The summed E-state index contributed by atoms with van der Waals surface area (Å²) in [7, 11) is 0. The van der Waals surface area contributed by atoms with Crippen LogP contribution in [0.25, 0.3) is 0 Å². The number of aromatic nitrogens is 2. The molecule has 0 aliphatic carbocycles. The number of carbonyl (C=O) groups excluding carboxylic acids is 2. The topological polar surface area (TPSA) is 93.3 Å². The van der Waals surface area contributed by atoms with Crippen LogP contribution in [0, 0.1) is 3.83 Å². The lowest BCUT2D eigenvalue weighted by molar-refractivity contribution is -0.157. The van der Waals surface area contributed by atoms with Crippen LogP contribution in [-0.2, 0) is 20.7 Å². The summed E-state index contributed by atoms with van der Waals surface area (Å²) in [5.41, 5.74) is -0.569. The number of ether oxygens (including phenoxy) is 2. The Bertz CT molecular complexity index is 558. The van der Waals surface area contributed by atoms with E-state index < -0.39 is 29.3 Å². The van der Waals surface area contributed by atoms with E-state index in [1.807, 2.05) is 22.6 Å². The van der Waals surface area contributed by atoms with Crippen LogP contribution in [0.4, 0.5) is 4.79 Å². The molecule has 130 valence electrons. The fourth-order valence-electron chi connectivity index (χ4n) is 1.67. The zero-order valence-corrected chi connectivity index (χ0v) is 16.5. The average molecular weight is 437 g/mol. The Balaban J connectivity index is 2.83. The molecule has 0 radical (unpaired) electrons. The molecule has 0 saturated heterocycles. The number of H-pyrrole nitrogens is 1. The van der Waals surface area contributed by atoms with Crippen molar-refractivity contribution in [1.29, 1.82) is 0 Å². The van der Waals surface area contributed by atoms with E-state index in [2.05, 4.69) is 15.3 Å². The number of nitrogens with one attached hydrogen (secondary N) is 2. The van der Waals surface area contributed by atoms with E-state index in [9.17, 15) is 9.59 Å². The predicted molar refractivity (Wildman–Crippen MR) is 94.0 cm³/mol. The number of imidazole rings is 1. The fraction of sp³-hybridized carbons (Fsp3) is 0.667. The number of rotatable bonds is 4. The number of aromatic amines is 1. The van der Waals surface area contributed by atoms with E-state index in [1.54, 1.807) is 47.7 Å². The van der Waals surface area contributed by atoms with Gasteiger partial charge in [-0.15, -0.1) is 0 Å². The van der Waals surface area contributed by atoms with Crippen molar-refractivity contribution in [2.45, 2.75) is 65.2 Å². The third-order valence-electron chi connectivity index (χ3n) is 2.40. The van der Waals surface area contributed by atoms with Gasteiger partial charge in [0, 0.05) is 18.3 Å². The Morgan fingerprint density at radius 1 is 1.22 bits per heavy atom. The van der Waals surface area contributed by atoms with Gasteiger partial charge in [-0.2, -0.15) is 0 Å². The zero-order valence-electron chi connectivity index (χ0n) is 14.3. The summed E-state index contributed by atoms with van der Waals surface area (Å²) < 4.78 is 11.3. The minimum atomic E-state index is -0.861. The van der Waals surface area contributed by atoms with Crippen LogP contribution < -0.4 is 5.32 Å². The maximum Gasteiger partial charge on any atom is 0.408 e. The van der Waals surface area contributed by atoms with Gasteiger partial charge in [-0.25, -0.2) is 14.6 Å². The van der Waals surface area contributed by atoms with E-state index in [-0.39, 0.29) is 6.42 Å². The number of halogens is 1. The highest BCUT2D eigenvalue weighted by Crippen LogP contribution is 2.13. The molecule has 0 saturated carbocycles. The monoisotopic (exact) mass is 437 g/mol. The average Bonchev–Trinajstić information content (AvgIpc) is 2.69. The number of carbonyl (C=O) groups is 2. The molecule has 23 heavy (non-hydrogen) atoms. The molecule has 1 heterocycles. The summed E-state index contributed by atoms with van der Waals surface area (Å²) in [6.45, 7) is 10.6. The minimum absolute atomic E-state index is 0.240. The minimum Gasteiger partial charge on any atom is -0.458 e. The van der Waals surface area contributed by atoms with Gasteiger partial charge in [0.15, 0.2) is 3.83 Å². The molecular weight excluding hydrogens is 413 g/mol. The molecule has 1 amide bonds. The van der Waals surface area contributed by atoms with Gasteiger partial charge < -0.3 is 19.8 Å². The van der Waals surface area contributed by atoms with Crippen molar-refractivity contribution < 1.29 is 19.1 Å². The van der Waals surface area contributed by atoms with Crippen molar-refractivity contribution >= 4 is 34.7 Å². The van der Waals surface area contributed by atoms with Crippen molar-refractivity contribution in [3.05, 3.63) is 15.7 Å². The van der Waals surface area contributed by atoms with Gasteiger partial charge in [-0.3, -0.25) is 0 Å². The van der Waals surface area contributed by atoms with Gasteiger partial charge in [-0.1, -0.05) is 0 Å². The van der Waals surface area contributed by atoms with Crippen molar-refractivity contribution in [3.63, 3.8) is 0 Å². The third-order valence-corrected chi connectivity index (χ3v) is 2.95. The molecule has 1 aromatic heterocycles. The molecule has 2 N–H and O–H groups in total. The summed E-state index contributed by atoms with van der Waals surface area (Å²) in [5, 5.41) is 2.57. The van der Waals surface area contributed by atoms with Crippen LogP contribution in [-0.4, -0.2) is 39.3 Å². The lowest BCUT2D eigenvalue weighted by Gasteiger charge is -2.26. The first-order valence-corrected chi connectivity index (χ1v) is 8.35. The molecule has 0 aromatic carbocycles. The second-order valence-corrected chi connectivity index (χ2v) is 8.16. The largest absolute Gasteiger partial charge is 0.458 e. The SMILES string of the molecule is CC(C)(C)OC(=O)N[C@@H](Cc1cnc(I)[nH]1)C(=O)OC(C)(C)C. The number of hydrogen-bond donors (Lipinski definition) is 2. The predicted octanol–water partition coefficient (Wildman–Crippen LogP) is 2.79. The molecule has 0 spiro atoms. The van der Waals surface area contributed by atoms with Gasteiger partial charge in [0.25, 0.3) is 0 Å². The summed E-state index contributed by atoms with van der Waals surface area (Å²) in [6, 6.07) is -0.861. The van der Waals surface area contributed by atoms with E-state index in [0.29, 0.717) is 3.83 Å². The van der Waals surface area contributed by atoms with Crippen molar-refractivity contribution in [2.75, 3.05) is 0 Å².